The zero-order valence-corrected chi connectivity index (χ0v) is 13.8. The van der Waals surface area contributed by atoms with Gasteiger partial charge in [0, 0.05) is 18.3 Å². The van der Waals surface area contributed by atoms with Crippen LogP contribution in [0.5, 0.6) is 5.75 Å². The lowest BCUT2D eigenvalue weighted by atomic mass is 10.0. The average molecular weight is 339 g/mol. The molecule has 0 fully saturated rings. The summed E-state index contributed by atoms with van der Waals surface area (Å²) in [4.78, 5) is 36.5. The van der Waals surface area contributed by atoms with Gasteiger partial charge in [-0.1, -0.05) is 12.1 Å². The van der Waals surface area contributed by atoms with Gasteiger partial charge in [0.25, 0.3) is 23.3 Å². The highest BCUT2D eigenvalue weighted by Crippen LogP contribution is 2.33. The van der Waals surface area contributed by atoms with E-state index in [1.54, 1.807) is 48.5 Å². The van der Waals surface area contributed by atoms with Crippen molar-refractivity contribution in [1.82, 2.24) is 5.32 Å². The number of ether oxygens (including phenoxy) is 1. The van der Waals surface area contributed by atoms with Crippen LogP contribution >= 0.6 is 0 Å². The number of anilines is 2. The second kappa shape index (κ2) is 6.27. The third kappa shape index (κ3) is 3.03. The summed E-state index contributed by atoms with van der Waals surface area (Å²) in [6.45, 7) is 1.41. The first-order valence-corrected chi connectivity index (χ1v) is 7.67. The summed E-state index contributed by atoms with van der Waals surface area (Å²) in [6, 6.07) is 13.2. The number of rotatable bonds is 3. The highest BCUT2D eigenvalue weighted by molar-refractivity contribution is 6.19. The van der Waals surface area contributed by atoms with Gasteiger partial charge in [-0.25, -0.2) is 0 Å². The Labute approximate surface area is 144 Å². The number of para-hydroxylation sites is 2. The van der Waals surface area contributed by atoms with Gasteiger partial charge in [-0.15, -0.1) is 0 Å². The summed E-state index contributed by atoms with van der Waals surface area (Å²) < 4.78 is 5.66. The minimum absolute atomic E-state index is 0.226. The van der Waals surface area contributed by atoms with Crippen molar-refractivity contribution in [3.05, 3.63) is 54.1 Å². The van der Waals surface area contributed by atoms with Crippen molar-refractivity contribution in [2.45, 2.75) is 12.5 Å². The molecule has 2 aromatic rings. The fraction of sp³-hybridized carbons (Fsp3) is 0.167. The van der Waals surface area contributed by atoms with E-state index in [9.17, 15) is 14.4 Å². The lowest BCUT2D eigenvalue weighted by molar-refractivity contribution is -0.143. The maximum atomic E-state index is 12.6. The van der Waals surface area contributed by atoms with E-state index in [2.05, 4.69) is 16.0 Å². The summed E-state index contributed by atoms with van der Waals surface area (Å²) in [6.07, 6.45) is 0. The minimum Gasteiger partial charge on any atom is -0.466 e. The van der Waals surface area contributed by atoms with Crippen LogP contribution < -0.4 is 20.7 Å². The van der Waals surface area contributed by atoms with Crippen LogP contribution in [0.3, 0.4) is 0 Å². The minimum atomic E-state index is -1.70. The van der Waals surface area contributed by atoms with Crippen molar-refractivity contribution in [2.75, 3.05) is 17.7 Å². The molecule has 0 radical (unpaired) electrons. The van der Waals surface area contributed by atoms with Crippen LogP contribution in [0.25, 0.3) is 0 Å². The third-order valence-corrected chi connectivity index (χ3v) is 3.95. The van der Waals surface area contributed by atoms with E-state index in [0.29, 0.717) is 22.7 Å². The summed E-state index contributed by atoms with van der Waals surface area (Å²) >= 11 is 0. The Kier molecular flexibility index (Phi) is 4.14. The summed E-state index contributed by atoms with van der Waals surface area (Å²) in [5.74, 6) is -0.955. The number of nitrogens with one attached hydrogen (secondary N) is 3. The maximum absolute atomic E-state index is 12.6. The molecular formula is C18H17N3O4. The van der Waals surface area contributed by atoms with Crippen LogP contribution in [-0.2, 0) is 9.59 Å². The molecule has 7 nitrogen and oxygen atoms in total. The Morgan fingerprint density at radius 3 is 2.44 bits per heavy atom. The number of hydrogen-bond acceptors (Lipinski definition) is 4. The number of fused-ring (bicyclic) bond motifs is 1. The van der Waals surface area contributed by atoms with Crippen molar-refractivity contribution in [2.24, 2.45) is 0 Å². The third-order valence-electron chi connectivity index (χ3n) is 3.95. The molecule has 7 heteroatoms. The molecular weight excluding hydrogens is 322 g/mol. The van der Waals surface area contributed by atoms with Crippen LogP contribution in [0.2, 0.25) is 0 Å². The predicted molar refractivity (Wildman–Crippen MR) is 92.6 cm³/mol. The van der Waals surface area contributed by atoms with Gasteiger partial charge in [-0.3, -0.25) is 14.4 Å². The molecule has 25 heavy (non-hydrogen) atoms. The highest BCUT2D eigenvalue weighted by Gasteiger charge is 2.47. The first-order valence-electron chi connectivity index (χ1n) is 7.67. The Balaban J connectivity index is 1.78. The van der Waals surface area contributed by atoms with Crippen molar-refractivity contribution < 1.29 is 19.1 Å². The number of amides is 3. The molecule has 1 unspecified atom stereocenters. The normalized spacial score (nSPS) is 18.4. The van der Waals surface area contributed by atoms with Crippen LogP contribution in [0, 0.1) is 0 Å². The molecule has 3 amide bonds. The highest BCUT2D eigenvalue weighted by atomic mass is 16.5. The van der Waals surface area contributed by atoms with E-state index in [1.165, 1.54) is 14.0 Å². The van der Waals surface area contributed by atoms with Gasteiger partial charge < -0.3 is 20.7 Å². The fourth-order valence-electron chi connectivity index (χ4n) is 2.42. The van der Waals surface area contributed by atoms with E-state index in [0.717, 1.165) is 0 Å². The molecule has 3 rings (SSSR count). The van der Waals surface area contributed by atoms with E-state index in [-0.39, 0.29) is 5.91 Å². The molecule has 128 valence electrons. The summed E-state index contributed by atoms with van der Waals surface area (Å²) in [5, 5.41) is 7.83. The molecule has 2 aromatic carbocycles. The van der Waals surface area contributed by atoms with E-state index < -0.39 is 17.4 Å². The zero-order chi connectivity index (χ0) is 18.0. The average Bonchev–Trinajstić information content (AvgIpc) is 2.62. The van der Waals surface area contributed by atoms with Crippen molar-refractivity contribution in [1.29, 1.82) is 0 Å². The summed E-state index contributed by atoms with van der Waals surface area (Å²) in [7, 11) is 1.54. The van der Waals surface area contributed by atoms with Gasteiger partial charge in [-0.05, 0) is 43.3 Å². The standard InChI is InChI=1S/C18H17N3O4/c1-18(17(24)21-13-5-3-4-6-14(13)25-18)16(23)20-12-9-7-11(8-10-12)15(22)19-2/h3-10H,1-2H3,(H,19,22)(H,20,23)(H,21,24). The van der Waals surface area contributed by atoms with Gasteiger partial charge in [-0.2, -0.15) is 0 Å². The van der Waals surface area contributed by atoms with Gasteiger partial charge >= 0.3 is 0 Å². The molecule has 0 saturated carbocycles. The monoisotopic (exact) mass is 339 g/mol. The largest absolute Gasteiger partial charge is 0.466 e. The quantitative estimate of drug-likeness (QED) is 0.743. The molecule has 0 aliphatic carbocycles. The summed E-state index contributed by atoms with van der Waals surface area (Å²) in [5.41, 5.74) is -0.262. The number of hydrogen-bond donors (Lipinski definition) is 3. The topological polar surface area (TPSA) is 96.5 Å². The second-order valence-corrected chi connectivity index (χ2v) is 5.70. The van der Waals surface area contributed by atoms with Crippen LogP contribution in [-0.4, -0.2) is 30.4 Å². The molecule has 1 aliphatic heterocycles. The molecule has 0 saturated heterocycles. The van der Waals surface area contributed by atoms with E-state index in [1.807, 2.05) is 0 Å². The smallest absolute Gasteiger partial charge is 0.278 e. The Hall–Kier alpha value is -3.35. The second-order valence-electron chi connectivity index (χ2n) is 5.70. The molecule has 3 N–H and O–H groups in total. The lowest BCUT2D eigenvalue weighted by Crippen LogP contribution is -2.56. The first-order chi connectivity index (χ1) is 11.9. The van der Waals surface area contributed by atoms with Crippen LogP contribution in [0.4, 0.5) is 11.4 Å². The lowest BCUT2D eigenvalue weighted by Gasteiger charge is -2.33. The Morgan fingerprint density at radius 2 is 1.76 bits per heavy atom. The molecule has 0 aromatic heterocycles. The zero-order valence-electron chi connectivity index (χ0n) is 13.8. The van der Waals surface area contributed by atoms with Crippen molar-refractivity contribution in [3.63, 3.8) is 0 Å². The van der Waals surface area contributed by atoms with Crippen LogP contribution in [0.15, 0.2) is 48.5 Å². The SMILES string of the molecule is CNC(=O)c1ccc(NC(=O)C2(C)Oc3ccccc3NC2=O)cc1. The number of benzene rings is 2. The Morgan fingerprint density at radius 1 is 1.08 bits per heavy atom. The van der Waals surface area contributed by atoms with Gasteiger partial charge in [0.1, 0.15) is 5.75 Å². The van der Waals surface area contributed by atoms with Crippen molar-refractivity contribution in [3.8, 4) is 5.75 Å². The Bertz CT molecular complexity index is 848. The molecule has 1 atom stereocenters. The molecule has 1 aliphatic rings. The number of carbonyl (C=O) groups is 3. The van der Waals surface area contributed by atoms with E-state index >= 15 is 0 Å². The molecule has 0 spiro atoms. The number of carbonyl (C=O) groups excluding carboxylic acids is 3. The predicted octanol–water partition coefficient (Wildman–Crippen LogP) is 1.77. The fourth-order valence-corrected chi connectivity index (χ4v) is 2.42. The van der Waals surface area contributed by atoms with E-state index in [4.69, 9.17) is 4.74 Å². The first kappa shape index (κ1) is 16.5. The van der Waals surface area contributed by atoms with Gasteiger partial charge in [0.15, 0.2) is 0 Å². The maximum Gasteiger partial charge on any atom is 0.278 e. The molecule has 1 heterocycles. The molecule has 0 bridgehead atoms. The van der Waals surface area contributed by atoms with Gasteiger partial charge in [0.05, 0.1) is 5.69 Å². The van der Waals surface area contributed by atoms with Gasteiger partial charge in [0.2, 0.25) is 0 Å². The van der Waals surface area contributed by atoms with Crippen molar-refractivity contribution >= 4 is 29.1 Å². The van der Waals surface area contributed by atoms with Crippen LogP contribution in [0.1, 0.15) is 17.3 Å².